The Morgan fingerprint density at radius 2 is 1.79 bits per heavy atom. The van der Waals surface area contributed by atoms with Crippen molar-refractivity contribution in [3.8, 4) is 5.75 Å². The number of hydrogen-bond acceptors (Lipinski definition) is 5. The van der Waals surface area contributed by atoms with Crippen molar-refractivity contribution >= 4 is 33.2 Å². The Morgan fingerprint density at radius 3 is 2.45 bits per heavy atom. The van der Waals surface area contributed by atoms with E-state index in [1.807, 2.05) is 35.2 Å². The van der Waals surface area contributed by atoms with Crippen molar-refractivity contribution in [2.24, 2.45) is 0 Å². The zero-order chi connectivity index (χ0) is 20.9. The summed E-state index contributed by atoms with van der Waals surface area (Å²) < 4.78 is 32.0. The highest BCUT2D eigenvalue weighted by molar-refractivity contribution is 7.88. The van der Waals surface area contributed by atoms with Crippen LogP contribution in [0.3, 0.4) is 0 Å². The van der Waals surface area contributed by atoms with Gasteiger partial charge in [0.05, 0.1) is 25.1 Å². The first kappa shape index (κ1) is 21.6. The van der Waals surface area contributed by atoms with Crippen LogP contribution in [0.2, 0.25) is 5.02 Å². The second-order valence-corrected chi connectivity index (χ2v) is 9.22. The van der Waals surface area contributed by atoms with Gasteiger partial charge in [-0.05, 0) is 23.8 Å². The average Bonchev–Trinajstić information content (AvgIpc) is 2.69. The summed E-state index contributed by atoms with van der Waals surface area (Å²) in [5.74, 6) is 0.314. The molecule has 0 radical (unpaired) electrons. The molecule has 0 spiro atoms. The van der Waals surface area contributed by atoms with Gasteiger partial charge in [-0.1, -0.05) is 41.9 Å². The van der Waals surface area contributed by atoms with Crippen LogP contribution in [0.5, 0.6) is 5.75 Å². The van der Waals surface area contributed by atoms with Crippen molar-refractivity contribution < 1.29 is 17.9 Å². The van der Waals surface area contributed by atoms with Gasteiger partial charge in [0, 0.05) is 31.2 Å². The first-order valence-corrected chi connectivity index (χ1v) is 11.2. The van der Waals surface area contributed by atoms with E-state index in [4.69, 9.17) is 16.3 Å². The Hall–Kier alpha value is -2.13. The molecule has 0 atom stereocenters. The van der Waals surface area contributed by atoms with Gasteiger partial charge >= 0.3 is 0 Å². The Balaban J connectivity index is 1.52. The van der Waals surface area contributed by atoms with Crippen LogP contribution >= 0.6 is 11.6 Å². The van der Waals surface area contributed by atoms with E-state index in [1.54, 1.807) is 18.2 Å². The summed E-state index contributed by atoms with van der Waals surface area (Å²) in [6.45, 7) is 1.89. The third-order valence-electron chi connectivity index (χ3n) is 4.72. The molecular formula is C20H24ClN3O4S. The minimum absolute atomic E-state index is 0.0110. The van der Waals surface area contributed by atoms with E-state index in [2.05, 4.69) is 5.32 Å². The van der Waals surface area contributed by atoms with E-state index >= 15 is 0 Å². The molecule has 0 bridgehead atoms. The first-order chi connectivity index (χ1) is 13.9. The Kier molecular flexibility index (Phi) is 7.13. The lowest BCUT2D eigenvalue weighted by Crippen LogP contribution is -2.50. The molecule has 156 valence electrons. The van der Waals surface area contributed by atoms with Crippen LogP contribution < -0.4 is 10.1 Å². The molecule has 1 heterocycles. The molecule has 1 amide bonds. The molecule has 0 saturated carbocycles. The van der Waals surface area contributed by atoms with Crippen LogP contribution in [-0.2, 0) is 20.6 Å². The monoisotopic (exact) mass is 437 g/mol. The van der Waals surface area contributed by atoms with Gasteiger partial charge in [-0.3, -0.25) is 9.69 Å². The van der Waals surface area contributed by atoms with Gasteiger partial charge in [-0.25, -0.2) is 8.42 Å². The molecule has 0 unspecified atom stereocenters. The number of anilines is 1. The van der Waals surface area contributed by atoms with E-state index in [-0.39, 0.29) is 18.2 Å². The van der Waals surface area contributed by atoms with Crippen molar-refractivity contribution in [3.63, 3.8) is 0 Å². The van der Waals surface area contributed by atoms with Gasteiger partial charge in [0.15, 0.2) is 0 Å². The van der Waals surface area contributed by atoms with Gasteiger partial charge in [0.2, 0.25) is 15.9 Å². The molecule has 1 aliphatic rings. The summed E-state index contributed by atoms with van der Waals surface area (Å²) in [4.78, 5) is 14.3. The maximum absolute atomic E-state index is 12.6. The fourth-order valence-electron chi connectivity index (χ4n) is 3.21. The van der Waals surface area contributed by atoms with Gasteiger partial charge in [-0.15, -0.1) is 0 Å². The lowest BCUT2D eigenvalue weighted by molar-refractivity contribution is -0.117. The molecule has 3 rings (SSSR count). The number of nitrogens with one attached hydrogen (secondary N) is 1. The Morgan fingerprint density at radius 1 is 1.10 bits per heavy atom. The van der Waals surface area contributed by atoms with Crippen LogP contribution in [-0.4, -0.2) is 63.4 Å². The standard InChI is InChI=1S/C20H24ClN3O4S/c1-28-19-8-7-17(21)13-18(19)22-20(25)14-23-9-11-24(12-10-23)29(26,27)15-16-5-3-2-4-6-16/h2-8,13H,9-12,14-15H2,1H3,(H,22,25). The lowest BCUT2D eigenvalue weighted by atomic mass is 10.2. The number of ether oxygens (including phenoxy) is 1. The molecule has 0 aliphatic carbocycles. The summed E-state index contributed by atoms with van der Waals surface area (Å²) >= 11 is 5.99. The maximum Gasteiger partial charge on any atom is 0.238 e. The van der Waals surface area contributed by atoms with Crippen molar-refractivity contribution in [1.82, 2.24) is 9.21 Å². The van der Waals surface area contributed by atoms with Crippen molar-refractivity contribution in [1.29, 1.82) is 0 Å². The fraction of sp³-hybridized carbons (Fsp3) is 0.350. The normalized spacial score (nSPS) is 15.8. The average molecular weight is 438 g/mol. The van der Waals surface area contributed by atoms with Gasteiger partial charge < -0.3 is 10.1 Å². The number of piperazine rings is 1. The first-order valence-electron chi connectivity index (χ1n) is 9.25. The number of benzene rings is 2. The number of halogens is 1. The molecule has 1 fully saturated rings. The number of amides is 1. The van der Waals surface area contributed by atoms with Gasteiger partial charge in [0.1, 0.15) is 5.75 Å². The molecule has 29 heavy (non-hydrogen) atoms. The molecule has 2 aromatic carbocycles. The molecule has 0 aromatic heterocycles. The number of hydrogen-bond donors (Lipinski definition) is 1. The van der Waals surface area contributed by atoms with Crippen LogP contribution in [0, 0.1) is 0 Å². The summed E-state index contributed by atoms with van der Waals surface area (Å²) in [7, 11) is -1.85. The van der Waals surface area contributed by atoms with E-state index < -0.39 is 10.0 Å². The lowest BCUT2D eigenvalue weighted by Gasteiger charge is -2.33. The zero-order valence-corrected chi connectivity index (χ0v) is 17.7. The zero-order valence-electron chi connectivity index (χ0n) is 16.2. The number of carbonyl (C=O) groups excluding carboxylic acids is 1. The van der Waals surface area contributed by atoms with E-state index in [9.17, 15) is 13.2 Å². The summed E-state index contributed by atoms with van der Waals surface area (Å²) in [6, 6.07) is 14.1. The largest absolute Gasteiger partial charge is 0.495 e. The van der Waals surface area contributed by atoms with Gasteiger partial charge in [-0.2, -0.15) is 4.31 Å². The maximum atomic E-state index is 12.6. The number of methoxy groups -OCH3 is 1. The van der Waals surface area contributed by atoms with Crippen LogP contribution in [0.1, 0.15) is 5.56 Å². The molecule has 2 aromatic rings. The Bertz CT molecular complexity index is 945. The predicted molar refractivity (Wildman–Crippen MR) is 114 cm³/mol. The molecule has 1 saturated heterocycles. The predicted octanol–water partition coefficient (Wildman–Crippen LogP) is 2.43. The highest BCUT2D eigenvalue weighted by Crippen LogP contribution is 2.27. The molecule has 9 heteroatoms. The van der Waals surface area contributed by atoms with Crippen LogP contribution in [0.15, 0.2) is 48.5 Å². The number of nitrogens with zero attached hydrogens (tertiary/aromatic N) is 2. The van der Waals surface area contributed by atoms with Crippen LogP contribution in [0.4, 0.5) is 5.69 Å². The highest BCUT2D eigenvalue weighted by Gasteiger charge is 2.27. The van der Waals surface area contributed by atoms with Crippen LogP contribution in [0.25, 0.3) is 0 Å². The molecule has 1 N–H and O–H groups in total. The smallest absolute Gasteiger partial charge is 0.238 e. The van der Waals surface area contributed by atoms with E-state index in [1.165, 1.54) is 11.4 Å². The highest BCUT2D eigenvalue weighted by atomic mass is 35.5. The number of rotatable bonds is 7. The third kappa shape index (κ3) is 5.93. The van der Waals surface area contributed by atoms with Gasteiger partial charge in [0.25, 0.3) is 0 Å². The minimum Gasteiger partial charge on any atom is -0.495 e. The second-order valence-electron chi connectivity index (χ2n) is 6.81. The topological polar surface area (TPSA) is 79.0 Å². The van der Waals surface area contributed by atoms with Crippen molar-refractivity contribution in [2.45, 2.75) is 5.75 Å². The van der Waals surface area contributed by atoms with Crippen molar-refractivity contribution in [2.75, 3.05) is 45.2 Å². The quantitative estimate of drug-likeness (QED) is 0.719. The van der Waals surface area contributed by atoms with Crippen molar-refractivity contribution in [3.05, 3.63) is 59.1 Å². The molecule has 1 aliphatic heterocycles. The summed E-state index contributed by atoms with van der Waals surface area (Å²) in [5, 5.41) is 3.30. The molecule has 7 nitrogen and oxygen atoms in total. The number of carbonyl (C=O) groups is 1. The van der Waals surface area contributed by atoms with E-state index in [0.29, 0.717) is 42.6 Å². The second kappa shape index (κ2) is 9.58. The fourth-order valence-corrected chi connectivity index (χ4v) is 4.90. The Labute approximate surface area is 176 Å². The number of sulfonamides is 1. The molecular weight excluding hydrogens is 414 g/mol. The summed E-state index contributed by atoms with van der Waals surface area (Å²) in [5.41, 5.74) is 1.28. The van der Waals surface area contributed by atoms with E-state index in [0.717, 1.165) is 5.56 Å². The SMILES string of the molecule is COc1ccc(Cl)cc1NC(=O)CN1CCN(S(=O)(=O)Cc2ccccc2)CC1. The summed E-state index contributed by atoms with van der Waals surface area (Å²) in [6.07, 6.45) is 0. The third-order valence-corrected chi connectivity index (χ3v) is 6.80. The minimum atomic E-state index is -3.38.